The Labute approximate surface area is 261 Å². The maximum atomic E-state index is 14.4. The number of aryl methyl sites for hydroxylation is 1. The molecular formula is C35H30F4N2O5. The monoisotopic (exact) mass is 634 g/mol. The third-order valence-corrected chi connectivity index (χ3v) is 7.96. The summed E-state index contributed by atoms with van der Waals surface area (Å²) in [4.78, 5) is 30.8. The van der Waals surface area contributed by atoms with Gasteiger partial charge in [-0.3, -0.25) is 9.78 Å². The van der Waals surface area contributed by atoms with Crippen molar-refractivity contribution in [3.8, 4) is 16.9 Å². The molecule has 0 fully saturated rings. The van der Waals surface area contributed by atoms with Gasteiger partial charge in [-0.15, -0.1) is 0 Å². The Kier molecular flexibility index (Phi) is 7.63. The van der Waals surface area contributed by atoms with Gasteiger partial charge in [0, 0.05) is 40.6 Å². The molecule has 2 aromatic heterocycles. The molecule has 11 heteroatoms. The second-order valence-electron chi connectivity index (χ2n) is 12.4. The van der Waals surface area contributed by atoms with Crippen molar-refractivity contribution in [3.63, 3.8) is 0 Å². The minimum Gasteiger partial charge on any atom is -0.493 e. The molecule has 1 N–H and O–H groups in total. The molecule has 1 atom stereocenters. The molecular weight excluding hydrogens is 604 g/mol. The van der Waals surface area contributed by atoms with E-state index in [9.17, 15) is 32.3 Å². The zero-order valence-corrected chi connectivity index (χ0v) is 25.5. The SMILES string of the molecule is Cc1cc2c(ccc(=O)n2Cc2cc(F)cc(C(F)(F)F)c2)c(-c2ccc3c4c(ccnc24)CCO3)c1C(OC(C)(C)C)C(=O)O. The molecule has 7 nitrogen and oxygen atoms in total. The third kappa shape index (κ3) is 5.71. The molecule has 3 aromatic carbocycles. The summed E-state index contributed by atoms with van der Waals surface area (Å²) < 4.78 is 68.2. The molecule has 46 heavy (non-hydrogen) atoms. The van der Waals surface area contributed by atoms with E-state index in [1.807, 2.05) is 6.07 Å². The highest BCUT2D eigenvalue weighted by Gasteiger charge is 2.34. The van der Waals surface area contributed by atoms with Crippen LogP contribution in [0.2, 0.25) is 0 Å². The fraction of sp³-hybridized carbons (Fsp3) is 0.286. The molecule has 0 radical (unpaired) electrons. The lowest BCUT2D eigenvalue weighted by Gasteiger charge is -2.29. The van der Waals surface area contributed by atoms with E-state index in [1.54, 1.807) is 58.2 Å². The maximum Gasteiger partial charge on any atom is 0.416 e. The number of rotatable bonds is 6. The van der Waals surface area contributed by atoms with E-state index in [2.05, 4.69) is 4.98 Å². The molecule has 5 aromatic rings. The number of ether oxygens (including phenoxy) is 2. The lowest BCUT2D eigenvalue weighted by molar-refractivity contribution is -0.160. The molecule has 6 rings (SSSR count). The summed E-state index contributed by atoms with van der Waals surface area (Å²) in [7, 11) is 0. The van der Waals surface area contributed by atoms with Crippen LogP contribution in [-0.4, -0.2) is 32.8 Å². The number of fused-ring (bicyclic) bond motifs is 1. The topological polar surface area (TPSA) is 90.7 Å². The Balaban J connectivity index is 1.69. The van der Waals surface area contributed by atoms with Gasteiger partial charge in [0.25, 0.3) is 5.56 Å². The number of aromatic nitrogens is 2. The fourth-order valence-electron chi connectivity index (χ4n) is 6.16. The average molecular weight is 635 g/mol. The number of hydrogen-bond acceptors (Lipinski definition) is 5. The summed E-state index contributed by atoms with van der Waals surface area (Å²) in [6.45, 7) is 7.04. The van der Waals surface area contributed by atoms with Crippen molar-refractivity contribution in [2.45, 2.75) is 58.5 Å². The van der Waals surface area contributed by atoms with Gasteiger partial charge in [0.1, 0.15) is 11.6 Å². The molecule has 0 bridgehead atoms. The lowest BCUT2D eigenvalue weighted by Crippen LogP contribution is -2.28. The van der Waals surface area contributed by atoms with Crippen molar-refractivity contribution in [2.75, 3.05) is 6.61 Å². The van der Waals surface area contributed by atoms with Gasteiger partial charge in [-0.25, -0.2) is 9.18 Å². The van der Waals surface area contributed by atoms with E-state index in [0.29, 0.717) is 63.5 Å². The third-order valence-electron chi connectivity index (χ3n) is 7.96. The van der Waals surface area contributed by atoms with Crippen LogP contribution in [0.4, 0.5) is 17.6 Å². The first-order valence-electron chi connectivity index (χ1n) is 14.6. The first-order chi connectivity index (χ1) is 21.6. The van der Waals surface area contributed by atoms with E-state index >= 15 is 0 Å². The maximum absolute atomic E-state index is 14.4. The molecule has 0 aliphatic carbocycles. The number of pyridine rings is 2. The minimum absolute atomic E-state index is 0.0647. The van der Waals surface area contributed by atoms with Crippen molar-refractivity contribution in [1.29, 1.82) is 0 Å². The standard InChI is InChI=1S/C35H30F4N2O5/c1-18-13-25-23(6-8-27(42)41(25)17-19-14-21(35(37,38)39)16-22(36)15-19)30(28(18)32(33(43)44)46-34(2,3)4)24-5-7-26-29-20(10-12-45-26)9-11-40-31(24)29/h5-9,11,13-16,32H,10,12,17H2,1-4H3,(H,43,44). The van der Waals surface area contributed by atoms with Crippen molar-refractivity contribution >= 4 is 27.8 Å². The molecule has 0 saturated carbocycles. The Morgan fingerprint density at radius 3 is 2.54 bits per heavy atom. The van der Waals surface area contributed by atoms with Gasteiger partial charge in [-0.2, -0.15) is 13.2 Å². The molecule has 238 valence electrons. The Morgan fingerprint density at radius 1 is 1.09 bits per heavy atom. The first kappa shape index (κ1) is 31.2. The van der Waals surface area contributed by atoms with E-state index in [4.69, 9.17) is 9.47 Å². The van der Waals surface area contributed by atoms with Gasteiger partial charge in [-0.1, -0.05) is 0 Å². The summed E-state index contributed by atoms with van der Waals surface area (Å²) in [6, 6.07) is 12.1. The quantitative estimate of drug-likeness (QED) is 0.194. The van der Waals surface area contributed by atoms with Crippen LogP contribution in [-0.2, 0) is 28.7 Å². The molecule has 0 amide bonds. The van der Waals surface area contributed by atoms with Crippen LogP contribution in [0.25, 0.3) is 32.9 Å². The lowest BCUT2D eigenvalue weighted by atomic mass is 9.86. The number of benzene rings is 3. The highest BCUT2D eigenvalue weighted by atomic mass is 19.4. The van der Waals surface area contributed by atoms with Gasteiger partial charge in [0.15, 0.2) is 6.10 Å². The van der Waals surface area contributed by atoms with Gasteiger partial charge >= 0.3 is 12.1 Å². The van der Waals surface area contributed by atoms with E-state index in [1.165, 1.54) is 10.6 Å². The molecule has 1 aliphatic heterocycles. The summed E-state index contributed by atoms with van der Waals surface area (Å²) in [5, 5.41) is 11.7. The second kappa shape index (κ2) is 11.2. The van der Waals surface area contributed by atoms with Gasteiger partial charge < -0.3 is 19.1 Å². The molecule has 3 heterocycles. The Hall–Kier alpha value is -4.77. The van der Waals surface area contributed by atoms with Crippen molar-refractivity contribution in [1.82, 2.24) is 9.55 Å². The summed E-state index contributed by atoms with van der Waals surface area (Å²) in [5.74, 6) is -1.68. The van der Waals surface area contributed by atoms with E-state index in [0.717, 1.165) is 23.1 Å². The summed E-state index contributed by atoms with van der Waals surface area (Å²) >= 11 is 0. The predicted octanol–water partition coefficient (Wildman–Crippen LogP) is 7.61. The van der Waals surface area contributed by atoms with Crippen LogP contribution in [0.15, 0.2) is 65.6 Å². The number of halogens is 4. The van der Waals surface area contributed by atoms with Crippen LogP contribution in [0, 0.1) is 12.7 Å². The fourth-order valence-corrected chi connectivity index (χ4v) is 6.16. The highest BCUT2D eigenvalue weighted by molar-refractivity contribution is 6.08. The zero-order chi connectivity index (χ0) is 33.1. The minimum atomic E-state index is -4.79. The van der Waals surface area contributed by atoms with Gasteiger partial charge in [0.05, 0.1) is 35.3 Å². The smallest absolute Gasteiger partial charge is 0.416 e. The van der Waals surface area contributed by atoms with E-state index < -0.39 is 40.8 Å². The van der Waals surface area contributed by atoms with Crippen molar-refractivity contribution < 1.29 is 36.9 Å². The highest BCUT2D eigenvalue weighted by Crippen LogP contribution is 2.45. The Bertz CT molecular complexity index is 2090. The van der Waals surface area contributed by atoms with Crippen LogP contribution in [0.1, 0.15) is 54.7 Å². The number of carboxylic acid groups (broad SMARTS) is 1. The zero-order valence-electron chi connectivity index (χ0n) is 25.5. The number of carboxylic acids is 1. The number of carbonyl (C=O) groups is 1. The number of aliphatic carboxylic acids is 1. The Morgan fingerprint density at radius 2 is 1.85 bits per heavy atom. The van der Waals surface area contributed by atoms with Crippen LogP contribution < -0.4 is 10.3 Å². The van der Waals surface area contributed by atoms with Crippen LogP contribution in [0.5, 0.6) is 5.75 Å². The largest absolute Gasteiger partial charge is 0.493 e. The molecule has 0 spiro atoms. The molecule has 1 unspecified atom stereocenters. The van der Waals surface area contributed by atoms with Crippen LogP contribution >= 0.6 is 0 Å². The van der Waals surface area contributed by atoms with Crippen molar-refractivity contribution in [2.24, 2.45) is 0 Å². The van der Waals surface area contributed by atoms with Crippen molar-refractivity contribution in [3.05, 3.63) is 105 Å². The van der Waals surface area contributed by atoms with Gasteiger partial charge in [-0.05, 0) is 98.5 Å². The summed E-state index contributed by atoms with van der Waals surface area (Å²) in [5.41, 5.74) is 1.06. The number of nitrogens with zero attached hydrogens (tertiary/aromatic N) is 2. The normalized spacial score (nSPS) is 14.0. The number of alkyl halides is 3. The van der Waals surface area contributed by atoms with E-state index in [-0.39, 0.29) is 12.1 Å². The average Bonchev–Trinajstić information content (AvgIpc) is 2.96. The molecule has 1 aliphatic rings. The predicted molar refractivity (Wildman–Crippen MR) is 165 cm³/mol. The second-order valence-corrected chi connectivity index (χ2v) is 12.4. The first-order valence-corrected chi connectivity index (χ1v) is 14.6. The van der Waals surface area contributed by atoms with Crippen LogP contribution in [0.3, 0.4) is 0 Å². The molecule has 0 saturated heterocycles. The summed E-state index contributed by atoms with van der Waals surface area (Å²) in [6.07, 6.45) is -3.90. The van der Waals surface area contributed by atoms with Gasteiger partial charge in [0.2, 0.25) is 0 Å². The number of hydrogen-bond donors (Lipinski definition) is 1.